The normalized spacial score (nSPS) is 9.42. The molecule has 4 heteroatoms. The summed E-state index contributed by atoms with van der Waals surface area (Å²) in [5.74, 6) is 0. The minimum absolute atomic E-state index is 1.05. The minimum Gasteiger partial charge on any atom is -0.450 e. The summed E-state index contributed by atoms with van der Waals surface area (Å²) in [6, 6.07) is 0. The fraction of sp³-hybridized carbons (Fsp3) is 0.625. The first-order valence-electron chi connectivity index (χ1n) is 3.57. The van der Waals surface area contributed by atoms with Crippen molar-refractivity contribution in [1.29, 1.82) is 0 Å². The second-order valence-electron chi connectivity index (χ2n) is 2.30. The lowest BCUT2D eigenvalue weighted by Gasteiger charge is -2.02. The zero-order chi connectivity index (χ0) is 9.98. The fourth-order valence-corrected chi connectivity index (χ4v) is 0.316. The van der Waals surface area contributed by atoms with Gasteiger partial charge in [-0.3, -0.25) is 0 Å². The molecular weight excluding hydrogens is 158 g/mol. The number of ether oxygens (including phenoxy) is 1. The number of methoxy groups -OCH3 is 1. The number of allylic oxidation sites excluding steroid dienone is 1. The molecule has 0 heterocycles. The number of hydrogen-bond acceptors (Lipinski definition) is 3. The number of nitrogens with zero attached hydrogens (tertiary/aromatic N) is 1. The molecule has 12 heavy (non-hydrogen) atoms. The Morgan fingerprint density at radius 1 is 1.58 bits per heavy atom. The lowest BCUT2D eigenvalue weighted by molar-refractivity contribution is 0.114. The van der Waals surface area contributed by atoms with E-state index in [0.29, 0.717) is 0 Å². The highest BCUT2D eigenvalue weighted by molar-refractivity contribution is 5.56. The molecule has 0 aromatic heterocycles. The van der Waals surface area contributed by atoms with Crippen LogP contribution in [0.5, 0.6) is 0 Å². The largest absolute Gasteiger partial charge is 0.505 e. The molecule has 0 aliphatic rings. The Balaban J connectivity index is 0. The average molecular weight is 175 g/mol. The number of rotatable bonds is 2. The highest BCUT2D eigenvalue weighted by Gasteiger charge is 1.80. The van der Waals surface area contributed by atoms with Crippen LogP contribution in [0.4, 0.5) is 4.79 Å². The van der Waals surface area contributed by atoms with Gasteiger partial charge in [-0.25, -0.2) is 4.79 Å². The van der Waals surface area contributed by atoms with Crippen LogP contribution >= 0.6 is 0 Å². The van der Waals surface area contributed by atoms with Gasteiger partial charge in [-0.05, 0) is 21.0 Å². The SMILES string of the molecule is CC=CCN(C)C.COC(=O)O. The predicted octanol–water partition coefficient (Wildman–Crippen LogP) is 1.43. The van der Waals surface area contributed by atoms with Crippen LogP contribution in [0, 0.1) is 0 Å². The molecule has 0 bridgehead atoms. The molecule has 0 amide bonds. The summed E-state index contributed by atoms with van der Waals surface area (Å²) >= 11 is 0. The molecule has 0 rings (SSSR count). The summed E-state index contributed by atoms with van der Waals surface area (Å²) < 4.78 is 3.67. The lowest BCUT2D eigenvalue weighted by Crippen LogP contribution is -2.10. The van der Waals surface area contributed by atoms with Crippen LogP contribution in [0.15, 0.2) is 12.2 Å². The van der Waals surface area contributed by atoms with Crippen LogP contribution in [0.1, 0.15) is 6.92 Å². The number of carboxylic acid groups (broad SMARTS) is 1. The Labute approximate surface area is 73.4 Å². The summed E-state index contributed by atoms with van der Waals surface area (Å²) in [7, 11) is 5.21. The van der Waals surface area contributed by atoms with Crippen LogP contribution in [-0.2, 0) is 4.74 Å². The van der Waals surface area contributed by atoms with Crippen molar-refractivity contribution in [2.75, 3.05) is 27.7 Å². The van der Waals surface area contributed by atoms with E-state index >= 15 is 0 Å². The number of likely N-dealkylation sites (N-methyl/N-ethyl adjacent to an activating group) is 1. The van der Waals surface area contributed by atoms with Crippen LogP contribution in [0.3, 0.4) is 0 Å². The predicted molar refractivity (Wildman–Crippen MR) is 48.4 cm³/mol. The quantitative estimate of drug-likeness (QED) is 0.509. The molecule has 0 spiro atoms. The zero-order valence-corrected chi connectivity index (χ0v) is 8.07. The molecule has 4 nitrogen and oxygen atoms in total. The van der Waals surface area contributed by atoms with E-state index in [0.717, 1.165) is 13.7 Å². The van der Waals surface area contributed by atoms with E-state index in [2.05, 4.69) is 35.9 Å². The molecule has 0 unspecified atom stereocenters. The Morgan fingerprint density at radius 2 is 2.00 bits per heavy atom. The zero-order valence-electron chi connectivity index (χ0n) is 8.07. The van der Waals surface area contributed by atoms with Gasteiger partial charge in [0.05, 0.1) is 7.11 Å². The van der Waals surface area contributed by atoms with Gasteiger partial charge in [0.25, 0.3) is 0 Å². The average Bonchev–Trinajstić information content (AvgIpc) is 2.02. The van der Waals surface area contributed by atoms with E-state index in [-0.39, 0.29) is 0 Å². The summed E-state index contributed by atoms with van der Waals surface area (Å²) in [4.78, 5) is 11.3. The van der Waals surface area contributed by atoms with E-state index in [4.69, 9.17) is 9.90 Å². The van der Waals surface area contributed by atoms with Crippen molar-refractivity contribution in [3.8, 4) is 0 Å². The Bertz CT molecular complexity index is 132. The van der Waals surface area contributed by atoms with Crippen molar-refractivity contribution in [3.05, 3.63) is 12.2 Å². The summed E-state index contributed by atoms with van der Waals surface area (Å²) in [5, 5.41) is 7.50. The van der Waals surface area contributed by atoms with Gasteiger partial charge in [-0.2, -0.15) is 0 Å². The van der Waals surface area contributed by atoms with Crippen molar-refractivity contribution < 1.29 is 14.6 Å². The summed E-state index contributed by atoms with van der Waals surface area (Å²) in [5.41, 5.74) is 0. The van der Waals surface area contributed by atoms with Crippen molar-refractivity contribution in [2.24, 2.45) is 0 Å². The maximum atomic E-state index is 9.15. The molecular formula is C8H17NO3. The standard InChI is InChI=1S/C6H13N.C2H4O3/c1-4-5-6-7(2)3;1-5-2(3)4/h4-5H,6H2,1-3H3;1H3,(H,3,4). The van der Waals surface area contributed by atoms with Crippen molar-refractivity contribution in [3.63, 3.8) is 0 Å². The van der Waals surface area contributed by atoms with E-state index in [9.17, 15) is 0 Å². The highest BCUT2D eigenvalue weighted by Crippen LogP contribution is 1.74. The molecule has 0 aromatic rings. The van der Waals surface area contributed by atoms with Gasteiger partial charge in [0.2, 0.25) is 0 Å². The molecule has 1 N–H and O–H groups in total. The third-order valence-corrected chi connectivity index (χ3v) is 0.881. The molecule has 0 aliphatic heterocycles. The van der Waals surface area contributed by atoms with Crippen molar-refractivity contribution in [1.82, 2.24) is 4.90 Å². The Morgan fingerprint density at radius 3 is 2.08 bits per heavy atom. The molecule has 0 atom stereocenters. The van der Waals surface area contributed by atoms with Gasteiger partial charge in [0.15, 0.2) is 0 Å². The fourth-order valence-electron chi connectivity index (χ4n) is 0.316. The third-order valence-electron chi connectivity index (χ3n) is 0.881. The van der Waals surface area contributed by atoms with E-state index in [1.807, 2.05) is 6.92 Å². The molecule has 0 fully saturated rings. The van der Waals surface area contributed by atoms with Gasteiger partial charge in [0, 0.05) is 6.54 Å². The monoisotopic (exact) mass is 175 g/mol. The highest BCUT2D eigenvalue weighted by atomic mass is 16.6. The second kappa shape index (κ2) is 9.97. The van der Waals surface area contributed by atoms with Gasteiger partial charge in [-0.15, -0.1) is 0 Å². The molecule has 0 saturated heterocycles. The number of hydrogen-bond donors (Lipinski definition) is 1. The molecule has 0 radical (unpaired) electrons. The number of carbonyl (C=O) groups is 1. The summed E-state index contributed by atoms with van der Waals surface area (Å²) in [6.07, 6.45) is 2.94. The lowest BCUT2D eigenvalue weighted by atomic mass is 10.5. The topological polar surface area (TPSA) is 49.8 Å². The van der Waals surface area contributed by atoms with Crippen molar-refractivity contribution in [2.45, 2.75) is 6.92 Å². The van der Waals surface area contributed by atoms with Gasteiger partial charge in [-0.1, -0.05) is 12.2 Å². The first-order valence-corrected chi connectivity index (χ1v) is 3.57. The Kier molecular flexibility index (Phi) is 11.3. The van der Waals surface area contributed by atoms with Crippen LogP contribution in [-0.4, -0.2) is 43.9 Å². The molecule has 0 aromatic carbocycles. The minimum atomic E-state index is -1.25. The molecule has 0 aliphatic carbocycles. The van der Waals surface area contributed by atoms with Gasteiger partial charge >= 0.3 is 6.16 Å². The van der Waals surface area contributed by atoms with E-state index in [1.165, 1.54) is 0 Å². The summed E-state index contributed by atoms with van der Waals surface area (Å²) in [6.45, 7) is 3.08. The van der Waals surface area contributed by atoms with Crippen molar-refractivity contribution >= 4 is 6.16 Å². The smallest absolute Gasteiger partial charge is 0.450 e. The maximum absolute atomic E-state index is 9.15. The second-order valence-corrected chi connectivity index (χ2v) is 2.30. The first kappa shape index (κ1) is 13.6. The van der Waals surface area contributed by atoms with Crippen LogP contribution < -0.4 is 0 Å². The van der Waals surface area contributed by atoms with E-state index < -0.39 is 6.16 Å². The van der Waals surface area contributed by atoms with Gasteiger partial charge in [0.1, 0.15) is 0 Å². The van der Waals surface area contributed by atoms with E-state index in [1.54, 1.807) is 0 Å². The third kappa shape index (κ3) is 23.1. The Hall–Kier alpha value is -1.03. The molecule has 72 valence electrons. The van der Waals surface area contributed by atoms with Crippen LogP contribution in [0.25, 0.3) is 0 Å². The van der Waals surface area contributed by atoms with Gasteiger partial charge < -0.3 is 14.7 Å². The molecule has 0 saturated carbocycles. The first-order chi connectivity index (χ1) is 5.54. The maximum Gasteiger partial charge on any atom is 0.505 e. The van der Waals surface area contributed by atoms with Crippen LogP contribution in [0.2, 0.25) is 0 Å².